The van der Waals surface area contributed by atoms with Gasteiger partial charge in [-0.3, -0.25) is 0 Å². The topological polar surface area (TPSA) is 9.86 Å². The van der Waals surface area contributed by atoms with E-state index in [2.05, 4.69) is 0 Å². The molecule has 0 saturated carbocycles. The molecule has 2 nitrogen and oxygen atoms in total. The molecule has 0 aliphatic heterocycles. The van der Waals surface area contributed by atoms with Crippen molar-refractivity contribution >= 4 is 43.6 Å². The summed E-state index contributed by atoms with van der Waals surface area (Å²) in [5.41, 5.74) is -2.38. The molecule has 0 N–H and O–H groups in total. The minimum atomic E-state index is -5.09. The van der Waals surface area contributed by atoms with Crippen molar-refractivity contribution in [1.82, 2.24) is 9.13 Å². The summed E-state index contributed by atoms with van der Waals surface area (Å²) in [6.45, 7) is 0. The van der Waals surface area contributed by atoms with Crippen LogP contribution >= 0.6 is 0 Å². The first-order chi connectivity index (χ1) is 19.1. The van der Waals surface area contributed by atoms with E-state index in [9.17, 15) is 26.3 Å². The third kappa shape index (κ3) is 3.52. The standard InChI is InChI=1S/C32H18F6N2/c33-31(34,35)24-17-19(39-26-13-5-1-9-20(26)21-10-2-6-14-27(21)39)18-25(32(36,37)38)30(24)40-28-15-7-3-11-22(28)23-12-4-8-16-29(23)40/h1-18H. The molecule has 0 saturated heterocycles. The van der Waals surface area contributed by atoms with Crippen LogP contribution in [-0.2, 0) is 12.4 Å². The number of halogens is 6. The number of fused-ring (bicyclic) bond motifs is 6. The second-order valence-corrected chi connectivity index (χ2v) is 9.62. The molecule has 0 aliphatic rings. The quantitative estimate of drug-likeness (QED) is 0.192. The summed E-state index contributed by atoms with van der Waals surface area (Å²) in [6, 6.07) is 28.7. The highest BCUT2D eigenvalue weighted by Crippen LogP contribution is 2.46. The van der Waals surface area contributed by atoms with E-state index in [0.29, 0.717) is 21.8 Å². The van der Waals surface area contributed by atoms with E-state index in [4.69, 9.17) is 0 Å². The van der Waals surface area contributed by atoms with Gasteiger partial charge in [0, 0.05) is 27.2 Å². The molecule has 0 radical (unpaired) electrons. The summed E-state index contributed by atoms with van der Waals surface area (Å²) < 4.78 is 91.8. The van der Waals surface area contributed by atoms with E-state index in [0.717, 1.165) is 27.5 Å². The lowest BCUT2D eigenvalue weighted by Gasteiger charge is -2.23. The molecule has 0 spiro atoms. The van der Waals surface area contributed by atoms with Gasteiger partial charge in [0.15, 0.2) is 0 Å². The van der Waals surface area contributed by atoms with Gasteiger partial charge >= 0.3 is 12.4 Å². The highest BCUT2D eigenvalue weighted by molar-refractivity contribution is 6.10. The zero-order valence-electron chi connectivity index (χ0n) is 20.6. The van der Waals surface area contributed by atoms with Crippen molar-refractivity contribution < 1.29 is 26.3 Å². The van der Waals surface area contributed by atoms with Crippen molar-refractivity contribution in [1.29, 1.82) is 0 Å². The number of benzene rings is 5. The second kappa shape index (κ2) is 8.39. The molecule has 2 aromatic heterocycles. The van der Waals surface area contributed by atoms with Crippen LogP contribution in [0.4, 0.5) is 26.3 Å². The number of hydrogen-bond acceptors (Lipinski definition) is 0. The average Bonchev–Trinajstić information content (AvgIpc) is 3.45. The molecule has 7 rings (SSSR count). The van der Waals surface area contributed by atoms with Gasteiger partial charge in [-0.15, -0.1) is 0 Å². The maximum Gasteiger partial charge on any atom is 0.418 e. The molecule has 2 heterocycles. The molecule has 5 aromatic carbocycles. The van der Waals surface area contributed by atoms with Gasteiger partial charge in [-0.1, -0.05) is 72.8 Å². The van der Waals surface area contributed by atoms with E-state index >= 15 is 0 Å². The lowest BCUT2D eigenvalue weighted by molar-refractivity contribution is -0.142. The summed E-state index contributed by atoms with van der Waals surface area (Å²) in [5, 5.41) is 2.58. The SMILES string of the molecule is FC(F)(F)c1cc(-n2c3ccccc3c3ccccc32)cc(C(F)(F)F)c1-n1c2ccccc2c2ccccc21. The molecule has 0 amide bonds. The van der Waals surface area contributed by atoms with Crippen LogP contribution in [0.2, 0.25) is 0 Å². The maximum absolute atomic E-state index is 14.9. The Bertz CT molecular complexity index is 1950. The Balaban J connectivity index is 1.67. The molecule has 0 aliphatic carbocycles. The molecule has 0 unspecified atom stereocenters. The van der Waals surface area contributed by atoms with E-state index < -0.39 is 29.2 Å². The first-order valence-electron chi connectivity index (χ1n) is 12.4. The summed E-state index contributed by atoms with van der Waals surface area (Å²) in [5.74, 6) is 0. The monoisotopic (exact) mass is 544 g/mol. The van der Waals surface area contributed by atoms with Gasteiger partial charge in [-0.2, -0.15) is 26.3 Å². The first-order valence-corrected chi connectivity index (χ1v) is 12.4. The fourth-order valence-corrected chi connectivity index (χ4v) is 5.79. The Morgan fingerprint density at radius 1 is 0.400 bits per heavy atom. The number of nitrogens with zero attached hydrogens (tertiary/aromatic N) is 2. The van der Waals surface area contributed by atoms with Gasteiger partial charge in [0.25, 0.3) is 0 Å². The van der Waals surface area contributed by atoms with Crippen molar-refractivity contribution in [2.45, 2.75) is 12.4 Å². The van der Waals surface area contributed by atoms with E-state index in [1.54, 1.807) is 84.9 Å². The fourth-order valence-electron chi connectivity index (χ4n) is 5.79. The Labute approximate surface area is 223 Å². The third-order valence-corrected chi connectivity index (χ3v) is 7.35. The van der Waals surface area contributed by atoms with E-state index in [1.807, 2.05) is 0 Å². The molecule has 40 heavy (non-hydrogen) atoms. The van der Waals surface area contributed by atoms with Crippen LogP contribution in [0.3, 0.4) is 0 Å². The molecular formula is C32H18F6N2. The zero-order valence-corrected chi connectivity index (χ0v) is 20.6. The molecule has 8 heteroatoms. The minimum Gasteiger partial charge on any atom is -0.309 e. The van der Waals surface area contributed by atoms with Crippen LogP contribution in [0.25, 0.3) is 55.0 Å². The molecule has 0 atom stereocenters. The highest BCUT2D eigenvalue weighted by Gasteiger charge is 2.43. The number of para-hydroxylation sites is 4. The Morgan fingerprint density at radius 2 is 0.700 bits per heavy atom. The summed E-state index contributed by atoms with van der Waals surface area (Å²) in [4.78, 5) is 0. The average molecular weight is 544 g/mol. The fraction of sp³-hybridized carbons (Fsp3) is 0.0625. The molecule has 0 bridgehead atoms. The number of hydrogen-bond donors (Lipinski definition) is 0. The first kappa shape index (κ1) is 24.3. The van der Waals surface area contributed by atoms with Gasteiger partial charge in [-0.25, -0.2) is 0 Å². The lowest BCUT2D eigenvalue weighted by atomic mass is 10.0. The number of aromatic nitrogens is 2. The van der Waals surface area contributed by atoms with Gasteiger partial charge in [0.1, 0.15) is 0 Å². The minimum absolute atomic E-state index is 0.221. The van der Waals surface area contributed by atoms with Gasteiger partial charge in [0.2, 0.25) is 0 Å². The zero-order chi connectivity index (χ0) is 27.8. The largest absolute Gasteiger partial charge is 0.418 e. The van der Waals surface area contributed by atoms with Crippen LogP contribution in [0, 0.1) is 0 Å². The summed E-state index contributed by atoms with van der Waals surface area (Å²) in [6.07, 6.45) is -10.2. The Hall–Kier alpha value is -4.72. The number of alkyl halides is 6. The Kier molecular flexibility index (Phi) is 5.10. The second-order valence-electron chi connectivity index (χ2n) is 9.62. The van der Waals surface area contributed by atoms with Crippen LogP contribution in [0.5, 0.6) is 0 Å². The highest BCUT2D eigenvalue weighted by atomic mass is 19.4. The van der Waals surface area contributed by atoms with Crippen molar-refractivity contribution in [3.63, 3.8) is 0 Å². The summed E-state index contributed by atoms with van der Waals surface area (Å²) >= 11 is 0. The molecule has 198 valence electrons. The van der Waals surface area contributed by atoms with Gasteiger partial charge in [0.05, 0.1) is 38.9 Å². The Morgan fingerprint density at radius 3 is 1.02 bits per heavy atom. The van der Waals surface area contributed by atoms with Gasteiger partial charge < -0.3 is 9.13 Å². The number of rotatable bonds is 2. The van der Waals surface area contributed by atoms with Crippen molar-refractivity contribution in [3.05, 3.63) is 120 Å². The normalized spacial score (nSPS) is 12.8. The van der Waals surface area contributed by atoms with Crippen molar-refractivity contribution in [3.8, 4) is 11.4 Å². The van der Waals surface area contributed by atoms with Crippen LogP contribution in [-0.4, -0.2) is 9.13 Å². The smallest absolute Gasteiger partial charge is 0.309 e. The molecule has 7 aromatic rings. The van der Waals surface area contributed by atoms with Crippen LogP contribution < -0.4 is 0 Å². The molecule has 0 fully saturated rings. The van der Waals surface area contributed by atoms with E-state index in [-0.39, 0.29) is 16.7 Å². The van der Waals surface area contributed by atoms with Crippen molar-refractivity contribution in [2.24, 2.45) is 0 Å². The maximum atomic E-state index is 14.9. The summed E-state index contributed by atoms with van der Waals surface area (Å²) in [7, 11) is 0. The predicted octanol–water partition coefficient (Wildman–Crippen LogP) is 9.92. The predicted molar refractivity (Wildman–Crippen MR) is 145 cm³/mol. The van der Waals surface area contributed by atoms with E-state index in [1.165, 1.54) is 16.7 Å². The van der Waals surface area contributed by atoms with Gasteiger partial charge in [-0.05, 0) is 36.4 Å². The molecular weight excluding hydrogens is 526 g/mol. The third-order valence-electron chi connectivity index (χ3n) is 7.35. The van der Waals surface area contributed by atoms with Crippen molar-refractivity contribution in [2.75, 3.05) is 0 Å². The van der Waals surface area contributed by atoms with Crippen LogP contribution in [0.15, 0.2) is 109 Å². The lowest BCUT2D eigenvalue weighted by Crippen LogP contribution is -2.19. The van der Waals surface area contributed by atoms with Crippen LogP contribution in [0.1, 0.15) is 11.1 Å².